The first kappa shape index (κ1) is 21.4. The summed E-state index contributed by atoms with van der Waals surface area (Å²) in [5, 5.41) is 10.3. The normalized spacial score (nSPS) is 17.3. The Kier molecular flexibility index (Phi) is 7.84. The third kappa shape index (κ3) is 6.29. The average molecular weight is 347 g/mol. The summed E-state index contributed by atoms with van der Waals surface area (Å²) in [7, 11) is 1.97. The highest BCUT2D eigenvalue weighted by atomic mass is 16.6. The Hall–Kier alpha value is -1.65. The number of rotatable bonds is 7. The van der Waals surface area contributed by atoms with Crippen LogP contribution in [0.4, 0.5) is 0 Å². The third-order valence-electron chi connectivity index (χ3n) is 4.32. The van der Waals surface area contributed by atoms with Crippen LogP contribution in [0, 0.1) is 5.92 Å². The SMILES string of the molecule is C/C=C/C(C(C(=O)OC(C)(C)C)[C@@H](C)O)N(C)[C@H](C)c1ccccc1. The van der Waals surface area contributed by atoms with Gasteiger partial charge in [-0.05, 0) is 54.2 Å². The number of aliphatic hydroxyl groups excluding tert-OH is 1. The molecule has 25 heavy (non-hydrogen) atoms. The summed E-state index contributed by atoms with van der Waals surface area (Å²) in [6.07, 6.45) is 3.06. The molecule has 0 amide bonds. The van der Waals surface area contributed by atoms with Gasteiger partial charge in [-0.15, -0.1) is 0 Å². The van der Waals surface area contributed by atoms with Crippen LogP contribution in [-0.4, -0.2) is 40.8 Å². The van der Waals surface area contributed by atoms with E-state index in [1.165, 1.54) is 0 Å². The monoisotopic (exact) mass is 347 g/mol. The molecule has 0 aromatic heterocycles. The molecule has 1 N–H and O–H groups in total. The van der Waals surface area contributed by atoms with E-state index in [0.29, 0.717) is 0 Å². The Balaban J connectivity index is 3.14. The lowest BCUT2D eigenvalue weighted by Gasteiger charge is -2.37. The molecule has 0 aliphatic carbocycles. The zero-order valence-corrected chi connectivity index (χ0v) is 16.6. The van der Waals surface area contributed by atoms with Crippen LogP contribution in [0.15, 0.2) is 42.5 Å². The van der Waals surface area contributed by atoms with Gasteiger partial charge in [0, 0.05) is 12.1 Å². The van der Waals surface area contributed by atoms with E-state index in [4.69, 9.17) is 4.74 Å². The fraction of sp³-hybridized carbons (Fsp3) is 0.571. The van der Waals surface area contributed by atoms with E-state index in [0.717, 1.165) is 5.56 Å². The molecule has 0 fully saturated rings. The Labute approximate surface area is 152 Å². The number of esters is 1. The maximum atomic E-state index is 12.7. The number of benzene rings is 1. The summed E-state index contributed by atoms with van der Waals surface area (Å²) in [6.45, 7) is 11.2. The first-order valence-corrected chi connectivity index (χ1v) is 8.89. The van der Waals surface area contributed by atoms with E-state index in [9.17, 15) is 9.90 Å². The topological polar surface area (TPSA) is 49.8 Å². The highest BCUT2D eigenvalue weighted by Gasteiger charge is 2.37. The highest BCUT2D eigenvalue weighted by molar-refractivity contribution is 5.74. The highest BCUT2D eigenvalue weighted by Crippen LogP contribution is 2.28. The quantitative estimate of drug-likeness (QED) is 0.599. The van der Waals surface area contributed by atoms with Crippen molar-refractivity contribution in [3.8, 4) is 0 Å². The predicted molar refractivity (Wildman–Crippen MR) is 102 cm³/mol. The van der Waals surface area contributed by atoms with Gasteiger partial charge in [0.2, 0.25) is 0 Å². The molecule has 0 spiro atoms. The second-order valence-electron chi connectivity index (χ2n) is 7.57. The van der Waals surface area contributed by atoms with Gasteiger partial charge < -0.3 is 9.84 Å². The number of carbonyl (C=O) groups is 1. The van der Waals surface area contributed by atoms with Crippen molar-refractivity contribution in [2.45, 2.75) is 65.3 Å². The minimum Gasteiger partial charge on any atom is -0.460 e. The van der Waals surface area contributed by atoms with Crippen molar-refractivity contribution in [3.05, 3.63) is 48.0 Å². The van der Waals surface area contributed by atoms with Gasteiger partial charge in [0.05, 0.1) is 6.10 Å². The predicted octanol–water partition coefficient (Wildman–Crippen LogP) is 3.96. The molecule has 0 aliphatic heterocycles. The van der Waals surface area contributed by atoms with E-state index in [1.807, 2.05) is 65.1 Å². The lowest BCUT2D eigenvalue weighted by molar-refractivity contribution is -0.166. The van der Waals surface area contributed by atoms with Crippen molar-refractivity contribution in [1.82, 2.24) is 4.90 Å². The number of allylic oxidation sites excluding steroid dienone is 1. The van der Waals surface area contributed by atoms with Crippen LogP contribution >= 0.6 is 0 Å². The fourth-order valence-electron chi connectivity index (χ4n) is 2.92. The molecule has 140 valence electrons. The summed E-state index contributed by atoms with van der Waals surface area (Å²) in [5.74, 6) is -1.04. The number of likely N-dealkylation sites (N-methyl/N-ethyl adjacent to an activating group) is 1. The zero-order valence-electron chi connectivity index (χ0n) is 16.6. The molecule has 2 unspecified atom stereocenters. The third-order valence-corrected chi connectivity index (χ3v) is 4.32. The molecule has 1 aromatic rings. The van der Waals surface area contributed by atoms with Crippen molar-refractivity contribution in [2.24, 2.45) is 5.92 Å². The Morgan fingerprint density at radius 1 is 1.20 bits per heavy atom. The van der Waals surface area contributed by atoms with Crippen LogP contribution in [0.1, 0.15) is 53.1 Å². The molecule has 0 saturated carbocycles. The molecule has 4 atom stereocenters. The van der Waals surface area contributed by atoms with Crippen molar-refractivity contribution >= 4 is 5.97 Å². The van der Waals surface area contributed by atoms with Crippen molar-refractivity contribution in [3.63, 3.8) is 0 Å². The number of ether oxygens (including phenoxy) is 1. The number of hydrogen-bond donors (Lipinski definition) is 1. The van der Waals surface area contributed by atoms with Crippen LogP contribution in [0.3, 0.4) is 0 Å². The van der Waals surface area contributed by atoms with Crippen LogP contribution < -0.4 is 0 Å². The van der Waals surface area contributed by atoms with Crippen LogP contribution in [0.2, 0.25) is 0 Å². The van der Waals surface area contributed by atoms with E-state index in [2.05, 4.69) is 24.0 Å². The van der Waals surface area contributed by atoms with Gasteiger partial charge in [-0.25, -0.2) is 0 Å². The molecule has 1 aromatic carbocycles. The van der Waals surface area contributed by atoms with Gasteiger partial charge in [0.1, 0.15) is 11.5 Å². The maximum Gasteiger partial charge on any atom is 0.314 e. The van der Waals surface area contributed by atoms with Crippen molar-refractivity contribution < 1.29 is 14.6 Å². The van der Waals surface area contributed by atoms with Gasteiger partial charge >= 0.3 is 5.97 Å². The standard InChI is InChI=1S/C21H33NO3/c1-8-12-18(19(16(3)23)20(24)25-21(4,5)6)22(7)15(2)17-13-10-9-11-14-17/h8-16,18-19,23H,1-7H3/b12-8+/t15-,16-,18?,19?/m1/s1. The Morgan fingerprint density at radius 3 is 2.20 bits per heavy atom. The van der Waals surface area contributed by atoms with E-state index in [1.54, 1.807) is 6.92 Å². The van der Waals surface area contributed by atoms with Crippen molar-refractivity contribution in [1.29, 1.82) is 0 Å². The summed E-state index contributed by atoms with van der Waals surface area (Å²) < 4.78 is 5.56. The minimum atomic E-state index is -0.818. The summed E-state index contributed by atoms with van der Waals surface area (Å²) in [6, 6.07) is 9.95. The molecular formula is C21H33NO3. The van der Waals surface area contributed by atoms with Gasteiger partial charge in [-0.2, -0.15) is 0 Å². The summed E-state index contributed by atoms with van der Waals surface area (Å²) in [5.41, 5.74) is 0.571. The van der Waals surface area contributed by atoms with Gasteiger partial charge in [0.15, 0.2) is 0 Å². The van der Waals surface area contributed by atoms with E-state index >= 15 is 0 Å². The number of hydrogen-bond acceptors (Lipinski definition) is 4. The molecule has 0 saturated heterocycles. The van der Waals surface area contributed by atoms with Gasteiger partial charge in [0.25, 0.3) is 0 Å². The second-order valence-corrected chi connectivity index (χ2v) is 7.57. The van der Waals surface area contributed by atoms with E-state index in [-0.39, 0.29) is 18.1 Å². The largest absolute Gasteiger partial charge is 0.460 e. The van der Waals surface area contributed by atoms with Crippen LogP contribution in [0.5, 0.6) is 0 Å². The second kappa shape index (κ2) is 9.16. The minimum absolute atomic E-state index is 0.0890. The number of nitrogens with zero attached hydrogens (tertiary/aromatic N) is 1. The lowest BCUT2D eigenvalue weighted by Crippen LogP contribution is -2.47. The molecule has 4 nitrogen and oxygen atoms in total. The average Bonchev–Trinajstić information content (AvgIpc) is 2.51. The fourth-order valence-corrected chi connectivity index (χ4v) is 2.92. The molecule has 0 bridgehead atoms. The Bertz CT molecular complexity index is 560. The molecule has 4 heteroatoms. The summed E-state index contributed by atoms with van der Waals surface area (Å²) >= 11 is 0. The van der Waals surface area contributed by atoms with E-state index < -0.39 is 17.6 Å². The van der Waals surface area contributed by atoms with Crippen LogP contribution in [0.25, 0.3) is 0 Å². The van der Waals surface area contributed by atoms with Gasteiger partial charge in [-0.1, -0.05) is 42.5 Å². The number of carbonyl (C=O) groups excluding carboxylic acids is 1. The summed E-state index contributed by atoms with van der Waals surface area (Å²) in [4.78, 5) is 14.8. The number of aliphatic hydroxyl groups is 1. The smallest absolute Gasteiger partial charge is 0.314 e. The molecule has 0 radical (unpaired) electrons. The first-order chi connectivity index (χ1) is 11.6. The molecular weight excluding hydrogens is 314 g/mol. The first-order valence-electron chi connectivity index (χ1n) is 8.89. The molecule has 0 aliphatic rings. The Morgan fingerprint density at radius 2 is 1.76 bits per heavy atom. The molecule has 1 rings (SSSR count). The zero-order chi connectivity index (χ0) is 19.2. The maximum absolute atomic E-state index is 12.7. The lowest BCUT2D eigenvalue weighted by atomic mass is 9.91. The van der Waals surface area contributed by atoms with Crippen LogP contribution in [-0.2, 0) is 9.53 Å². The molecule has 0 heterocycles. The van der Waals surface area contributed by atoms with Crippen molar-refractivity contribution in [2.75, 3.05) is 7.05 Å². The van der Waals surface area contributed by atoms with Gasteiger partial charge in [-0.3, -0.25) is 9.69 Å².